The molecular weight excluding hydrogens is 127 g/mol. The first-order valence-corrected chi connectivity index (χ1v) is 3.67. The molecule has 0 rings (SSSR count). The van der Waals surface area contributed by atoms with Gasteiger partial charge in [0.05, 0.1) is 0 Å². The lowest BCUT2D eigenvalue weighted by Crippen LogP contribution is -1.97. The van der Waals surface area contributed by atoms with Crippen molar-refractivity contribution in [2.75, 3.05) is 0 Å². The second-order valence-corrected chi connectivity index (χ2v) is 2.33. The highest BCUT2D eigenvalue weighted by Gasteiger charge is 2.01. The fraction of sp³-hybridized carbons (Fsp3) is 0.556. The number of alkyl halides is 1. The third-order valence-electron chi connectivity index (χ3n) is 1.37. The monoisotopic (exact) mass is 142 g/mol. The van der Waals surface area contributed by atoms with Crippen molar-refractivity contribution >= 4 is 0 Å². The first-order valence-electron chi connectivity index (χ1n) is 3.67. The molecule has 0 fully saturated rings. The second-order valence-electron chi connectivity index (χ2n) is 2.33. The van der Waals surface area contributed by atoms with E-state index < -0.39 is 6.17 Å². The van der Waals surface area contributed by atoms with Crippen LogP contribution in [0.5, 0.6) is 0 Å². The van der Waals surface area contributed by atoms with E-state index >= 15 is 0 Å². The van der Waals surface area contributed by atoms with E-state index in [2.05, 4.69) is 13.2 Å². The van der Waals surface area contributed by atoms with E-state index in [1.165, 1.54) is 0 Å². The molecule has 0 aliphatic rings. The average molecular weight is 142 g/mol. The Bertz CT molecular complexity index is 84.9. The zero-order valence-corrected chi connectivity index (χ0v) is 6.35. The van der Waals surface area contributed by atoms with Crippen LogP contribution >= 0.6 is 0 Å². The maximum atomic E-state index is 12.7. The second kappa shape index (κ2) is 6.53. The van der Waals surface area contributed by atoms with Gasteiger partial charge >= 0.3 is 0 Å². The van der Waals surface area contributed by atoms with Crippen LogP contribution in [0.15, 0.2) is 25.3 Å². The Labute approximate surface area is 62.4 Å². The van der Waals surface area contributed by atoms with E-state index in [1.807, 2.05) is 0 Å². The minimum atomic E-state index is -0.670. The summed E-state index contributed by atoms with van der Waals surface area (Å²) in [5.74, 6) is 0. The molecular formula is C9H15F. The summed E-state index contributed by atoms with van der Waals surface area (Å²) in [5.41, 5.74) is 0. The molecule has 0 amide bonds. The topological polar surface area (TPSA) is 0 Å². The summed E-state index contributed by atoms with van der Waals surface area (Å²) in [6.07, 6.45) is 5.60. The standard InChI is InChI=1S/C9H15F/c1-3-5-7-9(10)8-6-4-2/h3-4,9H,1-2,5-8H2. The fourth-order valence-corrected chi connectivity index (χ4v) is 0.742. The zero-order valence-electron chi connectivity index (χ0n) is 6.35. The SMILES string of the molecule is C=CCCC(F)CCC=C. The molecule has 0 aromatic rings. The average Bonchev–Trinajstić information content (AvgIpc) is 1.97. The van der Waals surface area contributed by atoms with Gasteiger partial charge in [-0.25, -0.2) is 4.39 Å². The summed E-state index contributed by atoms with van der Waals surface area (Å²) in [4.78, 5) is 0. The molecule has 0 aliphatic heterocycles. The highest BCUT2D eigenvalue weighted by atomic mass is 19.1. The van der Waals surface area contributed by atoms with Gasteiger partial charge in [0.1, 0.15) is 6.17 Å². The summed E-state index contributed by atoms with van der Waals surface area (Å²) in [6, 6.07) is 0. The molecule has 10 heavy (non-hydrogen) atoms. The predicted octanol–water partition coefficient (Wildman–Crippen LogP) is 3.26. The van der Waals surface area contributed by atoms with Gasteiger partial charge in [0, 0.05) is 0 Å². The molecule has 0 nitrogen and oxygen atoms in total. The molecule has 0 saturated heterocycles. The summed E-state index contributed by atoms with van der Waals surface area (Å²) < 4.78 is 12.7. The van der Waals surface area contributed by atoms with Crippen molar-refractivity contribution in [3.8, 4) is 0 Å². The van der Waals surface area contributed by atoms with Crippen LogP contribution in [0.1, 0.15) is 25.7 Å². The minimum absolute atomic E-state index is 0.608. The van der Waals surface area contributed by atoms with Crippen molar-refractivity contribution in [1.29, 1.82) is 0 Å². The largest absolute Gasteiger partial charge is 0.247 e. The number of hydrogen-bond donors (Lipinski definition) is 0. The van der Waals surface area contributed by atoms with Crippen LogP contribution in [0.2, 0.25) is 0 Å². The van der Waals surface area contributed by atoms with E-state index in [4.69, 9.17) is 0 Å². The Morgan fingerprint density at radius 3 is 1.80 bits per heavy atom. The van der Waals surface area contributed by atoms with Gasteiger partial charge in [-0.05, 0) is 25.7 Å². The van der Waals surface area contributed by atoms with Crippen LogP contribution in [-0.4, -0.2) is 6.17 Å². The summed E-state index contributed by atoms with van der Waals surface area (Å²) in [7, 11) is 0. The van der Waals surface area contributed by atoms with Gasteiger partial charge in [0.25, 0.3) is 0 Å². The molecule has 0 heterocycles. The maximum Gasteiger partial charge on any atom is 0.101 e. The van der Waals surface area contributed by atoms with Crippen LogP contribution in [0.25, 0.3) is 0 Å². The van der Waals surface area contributed by atoms with Gasteiger partial charge in [-0.1, -0.05) is 12.2 Å². The van der Waals surface area contributed by atoms with Crippen molar-refractivity contribution in [2.45, 2.75) is 31.9 Å². The molecule has 0 atom stereocenters. The molecule has 0 bridgehead atoms. The molecule has 0 aromatic heterocycles. The number of halogens is 1. The zero-order chi connectivity index (χ0) is 7.82. The first kappa shape index (κ1) is 9.41. The summed E-state index contributed by atoms with van der Waals surface area (Å²) in [6.45, 7) is 7.05. The molecule has 58 valence electrons. The number of hydrogen-bond acceptors (Lipinski definition) is 0. The van der Waals surface area contributed by atoms with Gasteiger partial charge < -0.3 is 0 Å². The molecule has 0 unspecified atom stereocenters. The quantitative estimate of drug-likeness (QED) is 0.499. The van der Waals surface area contributed by atoms with Crippen LogP contribution in [0.3, 0.4) is 0 Å². The molecule has 0 aromatic carbocycles. The Morgan fingerprint density at radius 1 is 1.10 bits per heavy atom. The molecule has 0 N–H and O–H groups in total. The predicted molar refractivity (Wildman–Crippen MR) is 43.8 cm³/mol. The van der Waals surface area contributed by atoms with E-state index in [-0.39, 0.29) is 0 Å². The van der Waals surface area contributed by atoms with Crippen LogP contribution in [0, 0.1) is 0 Å². The first-order chi connectivity index (χ1) is 4.81. The van der Waals surface area contributed by atoms with Crippen molar-refractivity contribution < 1.29 is 4.39 Å². The molecule has 1 heteroatoms. The van der Waals surface area contributed by atoms with E-state index in [9.17, 15) is 4.39 Å². The van der Waals surface area contributed by atoms with Crippen LogP contribution < -0.4 is 0 Å². The number of rotatable bonds is 6. The Balaban J connectivity index is 3.15. The Kier molecular flexibility index (Phi) is 6.14. The fourth-order valence-electron chi connectivity index (χ4n) is 0.742. The third kappa shape index (κ3) is 5.54. The van der Waals surface area contributed by atoms with Crippen molar-refractivity contribution in [2.24, 2.45) is 0 Å². The Hall–Kier alpha value is -0.590. The summed E-state index contributed by atoms with van der Waals surface area (Å²) in [5, 5.41) is 0. The minimum Gasteiger partial charge on any atom is -0.247 e. The maximum absolute atomic E-state index is 12.7. The number of allylic oxidation sites excluding steroid dienone is 2. The van der Waals surface area contributed by atoms with E-state index in [0.29, 0.717) is 12.8 Å². The van der Waals surface area contributed by atoms with E-state index in [0.717, 1.165) is 12.8 Å². The van der Waals surface area contributed by atoms with Gasteiger partial charge in [0.15, 0.2) is 0 Å². The molecule has 0 spiro atoms. The smallest absolute Gasteiger partial charge is 0.101 e. The van der Waals surface area contributed by atoms with Gasteiger partial charge in [-0.2, -0.15) is 0 Å². The van der Waals surface area contributed by atoms with Gasteiger partial charge in [-0.15, -0.1) is 13.2 Å². The van der Waals surface area contributed by atoms with Crippen molar-refractivity contribution in [3.05, 3.63) is 25.3 Å². The van der Waals surface area contributed by atoms with Crippen LogP contribution in [-0.2, 0) is 0 Å². The lowest BCUT2D eigenvalue weighted by molar-refractivity contribution is 0.300. The lowest BCUT2D eigenvalue weighted by atomic mass is 10.1. The lowest BCUT2D eigenvalue weighted by Gasteiger charge is -2.02. The molecule has 0 aliphatic carbocycles. The van der Waals surface area contributed by atoms with Gasteiger partial charge in [0.2, 0.25) is 0 Å². The summed E-state index contributed by atoms with van der Waals surface area (Å²) >= 11 is 0. The van der Waals surface area contributed by atoms with Gasteiger partial charge in [-0.3, -0.25) is 0 Å². The van der Waals surface area contributed by atoms with Crippen LogP contribution in [0.4, 0.5) is 4.39 Å². The van der Waals surface area contributed by atoms with Crippen molar-refractivity contribution in [3.63, 3.8) is 0 Å². The normalized spacial score (nSPS) is 9.80. The highest BCUT2D eigenvalue weighted by Crippen LogP contribution is 2.09. The molecule has 0 radical (unpaired) electrons. The third-order valence-corrected chi connectivity index (χ3v) is 1.37. The molecule has 0 saturated carbocycles. The Morgan fingerprint density at radius 2 is 1.50 bits per heavy atom. The van der Waals surface area contributed by atoms with E-state index in [1.54, 1.807) is 12.2 Å². The van der Waals surface area contributed by atoms with Crippen molar-refractivity contribution in [1.82, 2.24) is 0 Å². The highest BCUT2D eigenvalue weighted by molar-refractivity contribution is 4.73.